The van der Waals surface area contributed by atoms with Gasteiger partial charge in [0.2, 0.25) is 0 Å². The van der Waals surface area contributed by atoms with Gasteiger partial charge in [-0.15, -0.1) is 0 Å². The molecule has 40 heavy (non-hydrogen) atoms. The van der Waals surface area contributed by atoms with Crippen LogP contribution in [0.15, 0.2) is 97.3 Å². The molecule has 2 atom stereocenters. The van der Waals surface area contributed by atoms with Gasteiger partial charge < -0.3 is 24.9 Å². The molecule has 1 heterocycles. The number of benzene rings is 3. The van der Waals surface area contributed by atoms with Crippen LogP contribution in [0.25, 0.3) is 0 Å². The average Bonchev–Trinajstić information content (AvgIpc) is 3.38. The summed E-state index contributed by atoms with van der Waals surface area (Å²) >= 11 is 0. The Morgan fingerprint density at radius 2 is 1.27 bits per heavy atom. The summed E-state index contributed by atoms with van der Waals surface area (Å²) in [6, 6.07) is 29.4. The van der Waals surface area contributed by atoms with Gasteiger partial charge in [-0.1, -0.05) is 91.0 Å². The van der Waals surface area contributed by atoms with Crippen molar-refractivity contribution in [2.45, 2.75) is 51.0 Å². The molecular weight excluding hydrogens is 531 g/mol. The quantitative estimate of drug-likeness (QED) is 0.190. The number of nitrogens with zero attached hydrogens (tertiary/aromatic N) is 3. The van der Waals surface area contributed by atoms with Crippen molar-refractivity contribution < 1.29 is 29.0 Å². The molecule has 0 aliphatic heterocycles. The minimum atomic E-state index is -3.13. The Kier molecular flexibility index (Phi) is 10.4. The van der Waals surface area contributed by atoms with Gasteiger partial charge >= 0.3 is 14.3 Å². The monoisotopic (exact) mass is 566 g/mol. The number of alkyl carbamates (subject to hydrolysis) is 1. The van der Waals surface area contributed by atoms with E-state index in [1.54, 1.807) is 38.7 Å². The normalized spacial score (nSPS) is 13.1. The number of aliphatic hydroxyl groups excluding tert-OH is 1. The van der Waals surface area contributed by atoms with Gasteiger partial charge in [-0.05, 0) is 44.4 Å². The molecule has 0 bridgehead atoms. The number of aliphatic hydroxyl groups is 1. The number of hydrogen-bond donors (Lipinski definition) is 4. The number of ether oxygens (including phenoxy) is 1. The van der Waals surface area contributed by atoms with Crippen LogP contribution >= 0.6 is 8.25 Å². The molecule has 4 N–H and O–H groups in total. The zero-order chi connectivity index (χ0) is 29.3. The van der Waals surface area contributed by atoms with Gasteiger partial charge in [-0.2, -0.15) is 5.10 Å². The van der Waals surface area contributed by atoms with E-state index < -0.39 is 37.6 Å². The van der Waals surface area contributed by atoms with Crippen molar-refractivity contribution in [2.24, 2.45) is 0 Å². The fraction of sp³-hybridized carbons (Fsp3) is 0.276. The van der Waals surface area contributed by atoms with Crippen LogP contribution in [0, 0.1) is 0 Å². The van der Waals surface area contributed by atoms with Gasteiger partial charge in [0, 0.05) is 0 Å². The second kappa shape index (κ2) is 13.5. The van der Waals surface area contributed by atoms with E-state index in [-0.39, 0.29) is 5.82 Å². The summed E-state index contributed by atoms with van der Waals surface area (Å²) in [7, 11) is -3.13. The minimum absolute atomic E-state index is 0.281. The molecule has 0 spiro atoms. The van der Waals surface area contributed by atoms with Gasteiger partial charge in [0.15, 0.2) is 5.82 Å². The van der Waals surface area contributed by atoms with Gasteiger partial charge in [0.05, 0.1) is 6.10 Å². The third kappa shape index (κ3) is 7.64. The Morgan fingerprint density at radius 3 is 1.62 bits per heavy atom. The summed E-state index contributed by atoms with van der Waals surface area (Å²) < 4.78 is 15.9. The van der Waals surface area contributed by atoms with Crippen molar-refractivity contribution in [2.75, 3.05) is 0 Å². The highest BCUT2D eigenvalue weighted by Gasteiger charge is 2.40. The minimum Gasteiger partial charge on any atom is -0.444 e. The molecule has 212 valence electrons. The zero-order valence-corrected chi connectivity index (χ0v) is 23.8. The van der Waals surface area contributed by atoms with Gasteiger partial charge in [0.25, 0.3) is 0 Å². The SMILES string of the molecule is CC(O)C(NC(=O)OC(C)(C)C)c1ncn(C(c2ccccc2)(c2ccccc2)c2ccccc2)n1.O=[PH](O)O. The maximum absolute atomic E-state index is 12.5. The Morgan fingerprint density at radius 1 is 0.875 bits per heavy atom. The molecule has 0 aliphatic carbocycles. The molecular formula is C29H35N4O6P. The van der Waals surface area contributed by atoms with E-state index in [0.29, 0.717) is 0 Å². The number of aromatic nitrogens is 3. The second-order valence-corrected chi connectivity index (χ2v) is 10.6. The number of nitrogens with one attached hydrogen (secondary N) is 1. The van der Waals surface area contributed by atoms with Crippen LogP contribution in [0.3, 0.4) is 0 Å². The molecule has 0 fully saturated rings. The molecule has 1 aromatic heterocycles. The van der Waals surface area contributed by atoms with Crippen molar-refractivity contribution in [3.63, 3.8) is 0 Å². The van der Waals surface area contributed by atoms with Gasteiger partial charge in [-0.3, -0.25) is 4.57 Å². The topological polar surface area (TPSA) is 147 Å². The van der Waals surface area contributed by atoms with Gasteiger partial charge in [0.1, 0.15) is 23.5 Å². The number of carbonyl (C=O) groups is 1. The summed E-state index contributed by atoms with van der Waals surface area (Å²) in [6.45, 7) is 6.93. The summed E-state index contributed by atoms with van der Waals surface area (Å²) in [4.78, 5) is 31.4. The molecule has 1 amide bonds. The summed E-state index contributed by atoms with van der Waals surface area (Å²) in [5, 5.41) is 18.1. The van der Waals surface area contributed by atoms with E-state index in [1.165, 1.54) is 0 Å². The van der Waals surface area contributed by atoms with E-state index in [9.17, 15) is 9.90 Å². The van der Waals surface area contributed by atoms with E-state index in [2.05, 4.69) is 46.7 Å². The largest absolute Gasteiger partial charge is 0.444 e. The van der Waals surface area contributed by atoms with E-state index >= 15 is 0 Å². The molecule has 4 rings (SSSR count). The average molecular weight is 567 g/mol. The summed E-state index contributed by atoms with van der Waals surface area (Å²) in [5.74, 6) is 0.281. The molecule has 10 nitrogen and oxygen atoms in total. The molecule has 0 radical (unpaired) electrons. The van der Waals surface area contributed by atoms with Crippen LogP contribution in [0.2, 0.25) is 0 Å². The molecule has 2 unspecified atom stereocenters. The van der Waals surface area contributed by atoms with Crippen LogP contribution in [0.4, 0.5) is 4.79 Å². The van der Waals surface area contributed by atoms with Crippen LogP contribution in [-0.4, -0.2) is 47.5 Å². The zero-order valence-electron chi connectivity index (χ0n) is 22.8. The predicted molar refractivity (Wildman–Crippen MR) is 152 cm³/mol. The molecule has 4 aromatic rings. The maximum Gasteiger partial charge on any atom is 0.408 e. The standard InChI is InChI=1S/C29H32N4O3.H3O3P/c1-21(34)25(31-27(35)36-28(2,3)4)26-30-20-33(32-26)29(22-14-8-5-9-15-22,23-16-10-6-11-17-23)24-18-12-7-13-19-24;1-4(2)3/h5-21,25,34H,1-4H3,(H,31,35);4H,(H2,1,2,3). The third-order valence-corrected chi connectivity index (χ3v) is 5.86. The van der Waals surface area contributed by atoms with Crippen molar-refractivity contribution in [3.05, 3.63) is 120 Å². The Bertz CT molecular complexity index is 1280. The predicted octanol–water partition coefficient (Wildman–Crippen LogP) is 4.43. The van der Waals surface area contributed by atoms with E-state index in [1.807, 2.05) is 54.6 Å². The molecule has 0 saturated carbocycles. The van der Waals surface area contributed by atoms with Crippen LogP contribution in [0.1, 0.15) is 56.3 Å². The lowest BCUT2D eigenvalue weighted by molar-refractivity contribution is 0.0429. The first kappa shape index (κ1) is 30.7. The Hall–Kier alpha value is -3.82. The van der Waals surface area contributed by atoms with Gasteiger partial charge in [-0.25, -0.2) is 14.5 Å². The second-order valence-electron chi connectivity index (χ2n) is 10.0. The first-order valence-electron chi connectivity index (χ1n) is 12.6. The van der Waals surface area contributed by atoms with Crippen molar-refractivity contribution >= 4 is 14.3 Å². The van der Waals surface area contributed by atoms with Crippen LogP contribution < -0.4 is 5.32 Å². The first-order chi connectivity index (χ1) is 18.9. The number of rotatable bonds is 7. The highest BCUT2D eigenvalue weighted by molar-refractivity contribution is 7.30. The van der Waals surface area contributed by atoms with E-state index in [4.69, 9.17) is 24.2 Å². The van der Waals surface area contributed by atoms with E-state index in [0.717, 1.165) is 16.7 Å². The summed E-state index contributed by atoms with van der Waals surface area (Å²) in [6.07, 6.45) is 0.0484. The lowest BCUT2D eigenvalue weighted by atomic mass is 9.77. The first-order valence-corrected chi connectivity index (χ1v) is 13.9. The highest BCUT2D eigenvalue weighted by atomic mass is 31.1. The maximum atomic E-state index is 12.5. The Labute approximate surface area is 234 Å². The Balaban J connectivity index is 0.00000103. The van der Waals surface area contributed by atoms with Crippen molar-refractivity contribution in [1.82, 2.24) is 20.1 Å². The van der Waals surface area contributed by atoms with Crippen LogP contribution in [-0.2, 0) is 14.8 Å². The highest BCUT2D eigenvalue weighted by Crippen LogP contribution is 2.40. The fourth-order valence-electron chi connectivity index (χ4n) is 4.35. The lowest BCUT2D eigenvalue weighted by Crippen LogP contribution is -2.40. The fourth-order valence-corrected chi connectivity index (χ4v) is 4.35. The third-order valence-electron chi connectivity index (χ3n) is 5.86. The van der Waals surface area contributed by atoms with Crippen LogP contribution in [0.5, 0.6) is 0 Å². The number of hydrogen-bond acceptors (Lipinski definition) is 6. The summed E-state index contributed by atoms with van der Waals surface area (Å²) in [5.41, 5.74) is 1.46. The van der Waals surface area contributed by atoms with Crippen molar-refractivity contribution in [1.29, 1.82) is 0 Å². The number of carbonyl (C=O) groups excluding carboxylic acids is 1. The molecule has 0 saturated heterocycles. The lowest BCUT2D eigenvalue weighted by Gasteiger charge is -2.36. The molecule has 0 aliphatic rings. The molecule has 11 heteroatoms. The van der Waals surface area contributed by atoms with Crippen molar-refractivity contribution in [3.8, 4) is 0 Å². The molecule has 3 aromatic carbocycles. The smallest absolute Gasteiger partial charge is 0.408 e. The number of amides is 1.